The monoisotopic (exact) mass is 517 g/mol. The van der Waals surface area contributed by atoms with Gasteiger partial charge >= 0.3 is 5.97 Å². The van der Waals surface area contributed by atoms with E-state index < -0.39 is 30.1 Å². The fourth-order valence-corrected chi connectivity index (χ4v) is 5.02. The van der Waals surface area contributed by atoms with Crippen molar-refractivity contribution in [3.63, 3.8) is 0 Å². The molecule has 0 radical (unpaired) electrons. The minimum absolute atomic E-state index is 0.0708. The molecule has 1 aliphatic heterocycles. The van der Waals surface area contributed by atoms with Crippen LogP contribution in [0.5, 0.6) is 11.5 Å². The highest BCUT2D eigenvalue weighted by Crippen LogP contribution is 2.40. The molecule has 0 bridgehead atoms. The molecule has 0 saturated heterocycles. The van der Waals surface area contributed by atoms with Crippen molar-refractivity contribution < 1.29 is 34.0 Å². The molecule has 3 aromatic carbocycles. The Bertz CT molecular complexity index is 1270. The van der Waals surface area contributed by atoms with Crippen molar-refractivity contribution in [3.05, 3.63) is 95.1 Å². The second-order valence-corrected chi connectivity index (χ2v) is 9.71. The lowest BCUT2D eigenvalue weighted by Crippen LogP contribution is -2.51. The molecule has 8 nitrogen and oxygen atoms in total. The zero-order chi connectivity index (χ0) is 26.6. The Morgan fingerprint density at radius 1 is 1.00 bits per heavy atom. The van der Waals surface area contributed by atoms with Gasteiger partial charge in [0.1, 0.15) is 12.6 Å². The maximum Gasteiger partial charge on any atom is 0.326 e. The molecule has 1 amide bonds. The molecule has 1 saturated carbocycles. The van der Waals surface area contributed by atoms with E-state index in [0.29, 0.717) is 36.5 Å². The van der Waals surface area contributed by atoms with Crippen LogP contribution in [-0.4, -0.2) is 52.3 Å². The minimum Gasteiger partial charge on any atom is -0.493 e. The SMILES string of the molecule is COc1ccc2c(c1OCc1ccccc1)C[C@H](C(=O)O)N(C(=O)[C@H](OC1CC(O)C1)c1ccccc1)C2. The number of aliphatic hydroxyl groups excluding tert-OH is 1. The van der Waals surface area contributed by atoms with Gasteiger partial charge < -0.3 is 29.3 Å². The molecule has 5 rings (SSSR count). The lowest BCUT2D eigenvalue weighted by molar-refractivity contribution is -0.167. The summed E-state index contributed by atoms with van der Waals surface area (Å²) in [5.41, 5.74) is 3.13. The number of fused-ring (bicyclic) bond motifs is 1. The highest BCUT2D eigenvalue weighted by molar-refractivity contribution is 5.88. The Balaban J connectivity index is 1.45. The summed E-state index contributed by atoms with van der Waals surface area (Å²) in [6.07, 6.45) is -0.704. The van der Waals surface area contributed by atoms with Crippen molar-refractivity contribution in [2.75, 3.05) is 7.11 Å². The molecule has 0 spiro atoms. The van der Waals surface area contributed by atoms with Gasteiger partial charge in [-0.05, 0) is 35.6 Å². The van der Waals surface area contributed by atoms with Crippen LogP contribution >= 0.6 is 0 Å². The molecular formula is C30H31NO7. The van der Waals surface area contributed by atoms with Gasteiger partial charge in [-0.1, -0.05) is 66.7 Å². The van der Waals surface area contributed by atoms with Crippen LogP contribution in [0.3, 0.4) is 0 Å². The first-order chi connectivity index (χ1) is 18.4. The molecule has 38 heavy (non-hydrogen) atoms. The molecule has 1 heterocycles. The van der Waals surface area contributed by atoms with Gasteiger partial charge in [-0.15, -0.1) is 0 Å². The topological polar surface area (TPSA) is 106 Å². The Labute approximate surface area is 221 Å². The quantitative estimate of drug-likeness (QED) is 0.444. The van der Waals surface area contributed by atoms with Gasteiger partial charge in [-0.2, -0.15) is 0 Å². The van der Waals surface area contributed by atoms with Crippen molar-refractivity contribution >= 4 is 11.9 Å². The van der Waals surface area contributed by atoms with Gasteiger partial charge in [-0.3, -0.25) is 4.79 Å². The fourth-order valence-electron chi connectivity index (χ4n) is 5.02. The lowest BCUT2D eigenvalue weighted by Gasteiger charge is -2.39. The molecule has 2 aliphatic rings. The van der Waals surface area contributed by atoms with E-state index in [4.69, 9.17) is 14.2 Å². The molecule has 2 atom stereocenters. The van der Waals surface area contributed by atoms with Crippen molar-refractivity contribution in [3.8, 4) is 11.5 Å². The highest BCUT2D eigenvalue weighted by Gasteiger charge is 2.42. The van der Waals surface area contributed by atoms with E-state index in [0.717, 1.165) is 16.7 Å². The molecule has 198 valence electrons. The summed E-state index contributed by atoms with van der Waals surface area (Å²) < 4.78 is 17.8. The first kappa shape index (κ1) is 25.8. The highest BCUT2D eigenvalue weighted by atomic mass is 16.5. The molecule has 3 aromatic rings. The van der Waals surface area contributed by atoms with Gasteiger partial charge in [0.2, 0.25) is 0 Å². The zero-order valence-corrected chi connectivity index (χ0v) is 21.2. The summed E-state index contributed by atoms with van der Waals surface area (Å²) >= 11 is 0. The van der Waals surface area contributed by atoms with Crippen LogP contribution in [0.15, 0.2) is 72.8 Å². The molecule has 0 aromatic heterocycles. The summed E-state index contributed by atoms with van der Waals surface area (Å²) in [4.78, 5) is 27.8. The van der Waals surface area contributed by atoms with Crippen LogP contribution in [0.2, 0.25) is 0 Å². The number of methoxy groups -OCH3 is 1. The average molecular weight is 518 g/mol. The standard InChI is InChI=1S/C30H31NO7/c1-36-26-13-12-21-17-31(29(33)27(20-10-6-3-7-11-20)38-23-14-22(32)15-23)25(30(34)35)16-24(21)28(26)37-18-19-8-4-2-5-9-19/h2-13,22-23,25,27,32H,14-18H2,1H3,(H,34,35)/t22?,23?,25-,27-/m1/s1. The first-order valence-corrected chi connectivity index (χ1v) is 12.7. The van der Waals surface area contributed by atoms with Crippen molar-refractivity contribution in [2.24, 2.45) is 0 Å². The summed E-state index contributed by atoms with van der Waals surface area (Å²) in [5.74, 6) is -0.519. The third-order valence-electron chi connectivity index (χ3n) is 7.17. The summed E-state index contributed by atoms with van der Waals surface area (Å²) in [6, 6.07) is 21.3. The number of carboxylic acids is 1. The van der Waals surface area contributed by atoms with E-state index in [1.54, 1.807) is 25.3 Å². The second kappa shape index (κ2) is 11.2. The third-order valence-corrected chi connectivity index (χ3v) is 7.17. The maximum absolute atomic E-state index is 13.9. The van der Waals surface area contributed by atoms with Gasteiger partial charge in [0.25, 0.3) is 5.91 Å². The van der Waals surface area contributed by atoms with Gasteiger partial charge in [0.05, 0.1) is 19.3 Å². The number of hydrogen-bond acceptors (Lipinski definition) is 6. The van der Waals surface area contributed by atoms with Gasteiger partial charge in [0, 0.05) is 18.5 Å². The number of carbonyl (C=O) groups excluding carboxylic acids is 1. The van der Waals surface area contributed by atoms with Gasteiger partial charge in [0.15, 0.2) is 17.6 Å². The molecule has 1 fully saturated rings. The molecule has 0 unspecified atom stereocenters. The maximum atomic E-state index is 13.9. The van der Waals surface area contributed by atoms with E-state index in [9.17, 15) is 19.8 Å². The Kier molecular flexibility index (Phi) is 7.62. The molecule has 2 N–H and O–H groups in total. The van der Waals surface area contributed by atoms with Crippen LogP contribution < -0.4 is 9.47 Å². The van der Waals surface area contributed by atoms with Crippen LogP contribution in [-0.2, 0) is 33.9 Å². The Morgan fingerprint density at radius 2 is 1.68 bits per heavy atom. The number of carboxylic acid groups (broad SMARTS) is 1. The number of hydrogen-bond donors (Lipinski definition) is 2. The largest absolute Gasteiger partial charge is 0.493 e. The normalized spacial score (nSPS) is 21.1. The summed E-state index contributed by atoms with van der Waals surface area (Å²) in [5, 5.41) is 19.9. The van der Waals surface area contributed by atoms with Crippen molar-refractivity contribution in [1.82, 2.24) is 4.90 Å². The Morgan fingerprint density at radius 3 is 2.32 bits per heavy atom. The number of nitrogens with zero attached hydrogens (tertiary/aromatic N) is 1. The number of rotatable bonds is 9. The molecule has 1 aliphatic carbocycles. The van der Waals surface area contributed by atoms with Crippen LogP contribution in [0.4, 0.5) is 0 Å². The number of ether oxygens (including phenoxy) is 3. The number of amides is 1. The summed E-state index contributed by atoms with van der Waals surface area (Å²) in [7, 11) is 1.55. The van der Waals surface area contributed by atoms with Crippen molar-refractivity contribution in [2.45, 2.75) is 56.8 Å². The van der Waals surface area contributed by atoms with Crippen LogP contribution in [0.1, 0.15) is 41.2 Å². The minimum atomic E-state index is -1.11. The number of benzene rings is 3. The third kappa shape index (κ3) is 5.37. The lowest BCUT2D eigenvalue weighted by atomic mass is 9.90. The number of aliphatic hydroxyl groups is 1. The predicted octanol–water partition coefficient (Wildman–Crippen LogP) is 3.89. The number of aliphatic carboxylic acids is 1. The van der Waals surface area contributed by atoms with E-state index in [-0.39, 0.29) is 19.1 Å². The fraction of sp³-hybridized carbons (Fsp3) is 0.333. The van der Waals surface area contributed by atoms with Crippen molar-refractivity contribution in [1.29, 1.82) is 0 Å². The smallest absolute Gasteiger partial charge is 0.326 e. The molecular weight excluding hydrogens is 486 g/mol. The first-order valence-electron chi connectivity index (χ1n) is 12.7. The van der Waals surface area contributed by atoms with Crippen LogP contribution in [0, 0.1) is 0 Å². The Hall–Kier alpha value is -3.88. The van der Waals surface area contributed by atoms with E-state index >= 15 is 0 Å². The average Bonchev–Trinajstić information content (AvgIpc) is 2.93. The number of carbonyl (C=O) groups is 2. The zero-order valence-electron chi connectivity index (χ0n) is 21.2. The van der Waals surface area contributed by atoms with E-state index in [1.807, 2.05) is 54.6 Å². The van der Waals surface area contributed by atoms with Crippen LogP contribution in [0.25, 0.3) is 0 Å². The predicted molar refractivity (Wildman–Crippen MR) is 139 cm³/mol. The van der Waals surface area contributed by atoms with E-state index in [1.165, 1.54) is 4.90 Å². The van der Waals surface area contributed by atoms with E-state index in [2.05, 4.69) is 0 Å². The second-order valence-electron chi connectivity index (χ2n) is 9.71. The van der Waals surface area contributed by atoms with Gasteiger partial charge in [-0.25, -0.2) is 4.79 Å². The molecule has 8 heteroatoms. The summed E-state index contributed by atoms with van der Waals surface area (Å²) in [6.45, 7) is 0.391.